The molecule has 0 atom stereocenters. The van der Waals surface area contributed by atoms with Crippen LogP contribution >= 0.6 is 11.6 Å². The zero-order valence-electron chi connectivity index (χ0n) is 11.3. The highest BCUT2D eigenvalue weighted by atomic mass is 35.5. The van der Waals surface area contributed by atoms with E-state index >= 15 is 0 Å². The number of nitrogens with zero attached hydrogens (tertiary/aromatic N) is 2. The van der Waals surface area contributed by atoms with E-state index in [4.69, 9.17) is 11.6 Å². The highest BCUT2D eigenvalue weighted by molar-refractivity contribution is 6.30. The molecule has 3 rings (SSSR count). The molecule has 0 saturated heterocycles. The molecule has 1 aromatic heterocycles. The van der Waals surface area contributed by atoms with Gasteiger partial charge in [-0.15, -0.1) is 0 Å². The Morgan fingerprint density at radius 1 is 1.29 bits per heavy atom. The van der Waals surface area contributed by atoms with Gasteiger partial charge < -0.3 is 5.11 Å². The lowest BCUT2D eigenvalue weighted by molar-refractivity contribution is 0.0688. The standard InChI is InChI=1S/C15H14ClFN2O2/c16-11-7-6-9(8-12(11)17)19-13-5-3-1-2-4-10(13)14(18-19)15(20)21/h6-8H,1-5H2,(H,20,21). The van der Waals surface area contributed by atoms with E-state index in [1.807, 2.05) is 0 Å². The zero-order chi connectivity index (χ0) is 15.0. The third kappa shape index (κ3) is 2.53. The number of hydrogen-bond donors (Lipinski definition) is 1. The van der Waals surface area contributed by atoms with E-state index in [1.54, 1.807) is 10.7 Å². The first-order valence-electron chi connectivity index (χ1n) is 6.87. The third-order valence-corrected chi connectivity index (χ3v) is 4.09. The number of hydrogen-bond acceptors (Lipinski definition) is 2. The Labute approximate surface area is 126 Å². The summed E-state index contributed by atoms with van der Waals surface area (Å²) in [4.78, 5) is 11.4. The molecule has 1 N–H and O–H groups in total. The SMILES string of the molecule is O=C(O)c1nn(-c2ccc(Cl)c(F)c2)c2c1CCCCC2. The number of carboxylic acid groups (broad SMARTS) is 1. The van der Waals surface area contributed by atoms with E-state index in [1.165, 1.54) is 12.1 Å². The Kier molecular flexibility index (Phi) is 3.68. The molecule has 0 amide bonds. The summed E-state index contributed by atoms with van der Waals surface area (Å²) >= 11 is 5.69. The molecule has 1 aliphatic rings. The molecular weight excluding hydrogens is 295 g/mol. The Hall–Kier alpha value is -1.88. The van der Waals surface area contributed by atoms with Crippen LogP contribution < -0.4 is 0 Å². The number of halogens is 2. The van der Waals surface area contributed by atoms with Crippen molar-refractivity contribution < 1.29 is 14.3 Å². The average molecular weight is 309 g/mol. The van der Waals surface area contributed by atoms with Gasteiger partial charge in [0.25, 0.3) is 0 Å². The molecule has 21 heavy (non-hydrogen) atoms. The lowest BCUT2D eigenvalue weighted by atomic mass is 10.1. The van der Waals surface area contributed by atoms with Crippen LogP contribution in [0.15, 0.2) is 18.2 Å². The van der Waals surface area contributed by atoms with E-state index in [0.717, 1.165) is 36.9 Å². The number of carbonyl (C=O) groups is 1. The summed E-state index contributed by atoms with van der Waals surface area (Å²) in [7, 11) is 0. The van der Waals surface area contributed by atoms with Gasteiger partial charge in [0.15, 0.2) is 5.69 Å². The normalized spacial score (nSPS) is 14.6. The molecule has 0 saturated carbocycles. The molecule has 0 spiro atoms. The van der Waals surface area contributed by atoms with Crippen molar-refractivity contribution in [2.75, 3.05) is 0 Å². The van der Waals surface area contributed by atoms with Gasteiger partial charge in [-0.3, -0.25) is 0 Å². The van der Waals surface area contributed by atoms with Gasteiger partial charge in [0.05, 0.1) is 10.7 Å². The average Bonchev–Trinajstić information content (AvgIpc) is 2.65. The Morgan fingerprint density at radius 3 is 2.76 bits per heavy atom. The number of fused-ring (bicyclic) bond motifs is 1. The van der Waals surface area contributed by atoms with E-state index in [9.17, 15) is 14.3 Å². The van der Waals surface area contributed by atoms with Crippen LogP contribution in [-0.4, -0.2) is 20.9 Å². The molecule has 110 valence electrons. The molecule has 1 heterocycles. The van der Waals surface area contributed by atoms with Crippen molar-refractivity contribution >= 4 is 17.6 Å². The zero-order valence-corrected chi connectivity index (χ0v) is 12.0. The first-order valence-corrected chi connectivity index (χ1v) is 7.25. The molecule has 0 aliphatic heterocycles. The van der Waals surface area contributed by atoms with Gasteiger partial charge in [0, 0.05) is 17.3 Å². The minimum atomic E-state index is -1.04. The predicted octanol–water partition coefficient (Wildman–Crippen LogP) is 3.63. The fourth-order valence-electron chi connectivity index (χ4n) is 2.78. The highest BCUT2D eigenvalue weighted by Crippen LogP contribution is 2.27. The molecule has 0 bridgehead atoms. The van der Waals surface area contributed by atoms with Gasteiger partial charge in [0.2, 0.25) is 0 Å². The van der Waals surface area contributed by atoms with Gasteiger partial charge in [-0.05, 0) is 37.8 Å². The topological polar surface area (TPSA) is 55.1 Å². The van der Waals surface area contributed by atoms with Crippen molar-refractivity contribution in [1.29, 1.82) is 0 Å². The summed E-state index contributed by atoms with van der Waals surface area (Å²) < 4.78 is 15.2. The van der Waals surface area contributed by atoms with Gasteiger partial charge in [-0.2, -0.15) is 5.10 Å². The summed E-state index contributed by atoms with van der Waals surface area (Å²) in [6.07, 6.45) is 4.44. The van der Waals surface area contributed by atoms with Crippen molar-refractivity contribution in [1.82, 2.24) is 9.78 Å². The molecule has 0 unspecified atom stereocenters. The molecule has 1 aromatic carbocycles. The van der Waals surface area contributed by atoms with Gasteiger partial charge in [-0.25, -0.2) is 13.9 Å². The number of aromatic nitrogens is 2. The lowest BCUT2D eigenvalue weighted by Crippen LogP contribution is -2.04. The van der Waals surface area contributed by atoms with E-state index in [-0.39, 0.29) is 10.7 Å². The van der Waals surface area contributed by atoms with Crippen molar-refractivity contribution in [3.63, 3.8) is 0 Å². The summed E-state index contributed by atoms with van der Waals surface area (Å²) in [5, 5.41) is 13.5. The maximum absolute atomic E-state index is 13.7. The van der Waals surface area contributed by atoms with Crippen molar-refractivity contribution in [2.24, 2.45) is 0 Å². The third-order valence-electron chi connectivity index (χ3n) is 3.78. The summed E-state index contributed by atoms with van der Waals surface area (Å²) in [5.74, 6) is -1.58. The molecule has 1 aliphatic carbocycles. The molecule has 6 heteroatoms. The fraction of sp³-hybridized carbons (Fsp3) is 0.333. The second-order valence-corrected chi connectivity index (χ2v) is 5.56. The van der Waals surface area contributed by atoms with Crippen LogP contribution in [0.3, 0.4) is 0 Å². The van der Waals surface area contributed by atoms with E-state index in [0.29, 0.717) is 12.1 Å². The molecule has 0 fully saturated rings. The minimum absolute atomic E-state index is 0.0375. The van der Waals surface area contributed by atoms with Crippen LogP contribution in [0.25, 0.3) is 5.69 Å². The maximum Gasteiger partial charge on any atom is 0.356 e. The summed E-state index contributed by atoms with van der Waals surface area (Å²) in [6, 6.07) is 4.39. The molecule has 0 radical (unpaired) electrons. The quantitative estimate of drug-likeness (QED) is 0.862. The molecular formula is C15H14ClFN2O2. The minimum Gasteiger partial charge on any atom is -0.476 e. The van der Waals surface area contributed by atoms with Gasteiger partial charge >= 0.3 is 5.97 Å². The van der Waals surface area contributed by atoms with Crippen LogP contribution in [0.4, 0.5) is 4.39 Å². The van der Waals surface area contributed by atoms with Crippen LogP contribution in [0.1, 0.15) is 41.0 Å². The van der Waals surface area contributed by atoms with Crippen LogP contribution in [0, 0.1) is 5.82 Å². The van der Waals surface area contributed by atoms with Crippen LogP contribution in [-0.2, 0) is 12.8 Å². The van der Waals surface area contributed by atoms with Gasteiger partial charge in [0.1, 0.15) is 5.82 Å². The van der Waals surface area contributed by atoms with Crippen molar-refractivity contribution in [2.45, 2.75) is 32.1 Å². The highest BCUT2D eigenvalue weighted by Gasteiger charge is 2.24. The number of rotatable bonds is 2. The van der Waals surface area contributed by atoms with Crippen molar-refractivity contribution in [3.05, 3.63) is 46.0 Å². The van der Waals surface area contributed by atoms with Gasteiger partial charge in [-0.1, -0.05) is 18.0 Å². The second-order valence-electron chi connectivity index (χ2n) is 5.15. The maximum atomic E-state index is 13.7. The molecule has 4 nitrogen and oxygen atoms in total. The Bertz CT molecular complexity index is 712. The van der Waals surface area contributed by atoms with E-state index in [2.05, 4.69) is 5.10 Å². The fourth-order valence-corrected chi connectivity index (χ4v) is 2.90. The largest absolute Gasteiger partial charge is 0.476 e. The number of carboxylic acids is 1. The van der Waals surface area contributed by atoms with Crippen LogP contribution in [0.5, 0.6) is 0 Å². The number of aromatic carboxylic acids is 1. The summed E-state index contributed by atoms with van der Waals surface area (Å²) in [6.45, 7) is 0. The first-order chi connectivity index (χ1) is 10.1. The van der Waals surface area contributed by atoms with Crippen LogP contribution in [0.2, 0.25) is 5.02 Å². The smallest absolute Gasteiger partial charge is 0.356 e. The first kappa shape index (κ1) is 14.1. The Balaban J connectivity index is 2.17. The van der Waals surface area contributed by atoms with E-state index < -0.39 is 11.8 Å². The second kappa shape index (κ2) is 5.48. The van der Waals surface area contributed by atoms with Crippen molar-refractivity contribution in [3.8, 4) is 5.69 Å². The number of benzene rings is 1. The Morgan fingerprint density at radius 2 is 2.05 bits per heavy atom. The molecule has 2 aromatic rings. The lowest BCUT2D eigenvalue weighted by Gasteiger charge is -2.08. The summed E-state index contributed by atoms with van der Waals surface area (Å²) in [5.41, 5.74) is 2.21. The monoisotopic (exact) mass is 308 g/mol. The predicted molar refractivity (Wildman–Crippen MR) is 76.8 cm³/mol.